The lowest BCUT2D eigenvalue weighted by Crippen LogP contribution is -1.96. The fourth-order valence-corrected chi connectivity index (χ4v) is 1.08. The predicted octanol–water partition coefficient (Wildman–Crippen LogP) is 2.39. The van der Waals surface area contributed by atoms with Crippen LogP contribution in [0.2, 0.25) is 0 Å². The van der Waals surface area contributed by atoms with Crippen LogP contribution in [0, 0.1) is 18.9 Å². The topological polar surface area (TPSA) is 12.9 Å². The summed E-state index contributed by atoms with van der Waals surface area (Å²) in [5, 5.41) is 0. The zero-order valence-electron chi connectivity index (χ0n) is 7.39. The zero-order chi connectivity index (χ0) is 8.27. The van der Waals surface area contributed by atoms with E-state index in [1.165, 1.54) is 11.3 Å². The first kappa shape index (κ1) is 8.25. The second-order valence-electron chi connectivity index (χ2n) is 3.32. The van der Waals surface area contributed by atoms with Crippen LogP contribution < -0.4 is 0 Å². The number of hydrogen-bond donors (Lipinski definition) is 0. The molecule has 1 radical (unpaired) electrons. The molecule has 0 fully saturated rings. The second-order valence-corrected chi connectivity index (χ2v) is 3.32. The zero-order valence-corrected chi connectivity index (χ0v) is 7.39. The number of aryl methyl sites for hydroxylation is 1. The van der Waals surface area contributed by atoms with Crippen molar-refractivity contribution in [3.8, 4) is 0 Å². The van der Waals surface area contributed by atoms with E-state index >= 15 is 0 Å². The molecule has 0 aromatic carbocycles. The average molecular weight is 148 g/mol. The molecule has 0 aliphatic heterocycles. The fraction of sp³-hybridized carbons (Fsp3) is 0.500. The smallest absolute Gasteiger partial charge is 0.0409 e. The van der Waals surface area contributed by atoms with E-state index in [1.807, 2.05) is 6.92 Å². The Morgan fingerprint density at radius 1 is 1.55 bits per heavy atom. The third-order valence-corrected chi connectivity index (χ3v) is 1.52. The molecule has 0 aliphatic rings. The van der Waals surface area contributed by atoms with Gasteiger partial charge >= 0.3 is 0 Å². The molecule has 1 aromatic heterocycles. The highest BCUT2D eigenvalue weighted by Gasteiger charge is 1.97. The first-order valence-electron chi connectivity index (χ1n) is 4.01. The SMILES string of the molecule is Cc1[c]cnc(CC(C)C)c1. The Kier molecular flexibility index (Phi) is 2.64. The van der Waals surface area contributed by atoms with Crippen molar-refractivity contribution >= 4 is 0 Å². The summed E-state index contributed by atoms with van der Waals surface area (Å²) in [5.41, 5.74) is 2.35. The summed E-state index contributed by atoms with van der Waals surface area (Å²) in [6.07, 6.45) is 2.82. The van der Waals surface area contributed by atoms with Crippen LogP contribution in [0.25, 0.3) is 0 Å². The van der Waals surface area contributed by atoms with E-state index in [0.29, 0.717) is 5.92 Å². The molecule has 0 saturated heterocycles. The third kappa shape index (κ3) is 2.71. The van der Waals surface area contributed by atoms with E-state index < -0.39 is 0 Å². The first-order chi connectivity index (χ1) is 5.18. The molecule has 1 nitrogen and oxygen atoms in total. The molecule has 0 N–H and O–H groups in total. The van der Waals surface area contributed by atoms with Gasteiger partial charge in [0.05, 0.1) is 0 Å². The standard InChI is InChI=1S/C10H14N/c1-8(2)6-10-7-9(3)4-5-11-10/h5,7-8H,6H2,1-3H3. The van der Waals surface area contributed by atoms with Crippen molar-refractivity contribution in [2.45, 2.75) is 27.2 Å². The van der Waals surface area contributed by atoms with Crippen LogP contribution >= 0.6 is 0 Å². The van der Waals surface area contributed by atoms with Crippen molar-refractivity contribution in [3.63, 3.8) is 0 Å². The second kappa shape index (κ2) is 3.51. The largest absolute Gasteiger partial charge is 0.261 e. The van der Waals surface area contributed by atoms with Crippen molar-refractivity contribution in [1.82, 2.24) is 4.98 Å². The highest BCUT2D eigenvalue weighted by molar-refractivity contribution is 5.13. The summed E-state index contributed by atoms with van der Waals surface area (Å²) in [7, 11) is 0. The van der Waals surface area contributed by atoms with Crippen molar-refractivity contribution < 1.29 is 0 Å². The van der Waals surface area contributed by atoms with E-state index in [1.54, 1.807) is 6.20 Å². The molecule has 59 valence electrons. The third-order valence-electron chi connectivity index (χ3n) is 1.52. The molecule has 0 amide bonds. The van der Waals surface area contributed by atoms with Crippen LogP contribution in [-0.2, 0) is 6.42 Å². The predicted molar refractivity (Wildman–Crippen MR) is 46.4 cm³/mol. The number of nitrogens with zero attached hydrogens (tertiary/aromatic N) is 1. The van der Waals surface area contributed by atoms with E-state index in [0.717, 1.165) is 6.42 Å². The lowest BCUT2D eigenvalue weighted by atomic mass is 10.1. The minimum Gasteiger partial charge on any atom is -0.261 e. The van der Waals surface area contributed by atoms with Gasteiger partial charge in [0, 0.05) is 18.0 Å². The Morgan fingerprint density at radius 3 is 2.82 bits per heavy atom. The fourth-order valence-electron chi connectivity index (χ4n) is 1.08. The van der Waals surface area contributed by atoms with Crippen LogP contribution in [0.15, 0.2) is 12.3 Å². The van der Waals surface area contributed by atoms with Crippen molar-refractivity contribution in [2.24, 2.45) is 5.92 Å². The van der Waals surface area contributed by atoms with Gasteiger partial charge in [0.1, 0.15) is 0 Å². The normalized spacial score (nSPS) is 10.5. The maximum Gasteiger partial charge on any atom is 0.0409 e. The average Bonchev–Trinajstić information content (AvgIpc) is 1.85. The Hall–Kier alpha value is -0.850. The quantitative estimate of drug-likeness (QED) is 0.627. The first-order valence-corrected chi connectivity index (χ1v) is 4.01. The van der Waals surface area contributed by atoms with Crippen molar-refractivity contribution in [1.29, 1.82) is 0 Å². The van der Waals surface area contributed by atoms with Crippen LogP contribution in [-0.4, -0.2) is 4.98 Å². The summed E-state index contributed by atoms with van der Waals surface area (Å²) in [6, 6.07) is 5.13. The number of rotatable bonds is 2. The number of hydrogen-bond acceptors (Lipinski definition) is 1. The van der Waals surface area contributed by atoms with Crippen LogP contribution in [0.1, 0.15) is 25.1 Å². The summed E-state index contributed by atoms with van der Waals surface area (Å²) in [4.78, 5) is 4.22. The molecule has 1 aromatic rings. The monoisotopic (exact) mass is 148 g/mol. The Morgan fingerprint density at radius 2 is 2.27 bits per heavy atom. The van der Waals surface area contributed by atoms with Crippen LogP contribution in [0.4, 0.5) is 0 Å². The highest BCUT2D eigenvalue weighted by atomic mass is 14.7. The van der Waals surface area contributed by atoms with Gasteiger partial charge < -0.3 is 0 Å². The minimum absolute atomic E-state index is 0.685. The molecule has 0 spiro atoms. The Bertz CT molecular complexity index is 228. The maximum absolute atomic E-state index is 4.22. The molecular formula is C10H14N. The molecule has 0 aliphatic carbocycles. The van der Waals surface area contributed by atoms with E-state index in [-0.39, 0.29) is 0 Å². The summed E-state index contributed by atoms with van der Waals surface area (Å²) in [5.74, 6) is 0.685. The van der Waals surface area contributed by atoms with Gasteiger partial charge in [-0.15, -0.1) is 0 Å². The van der Waals surface area contributed by atoms with Crippen molar-refractivity contribution in [3.05, 3.63) is 29.6 Å². The minimum atomic E-state index is 0.685. The molecule has 0 bridgehead atoms. The lowest BCUT2D eigenvalue weighted by molar-refractivity contribution is 0.635. The molecule has 11 heavy (non-hydrogen) atoms. The molecule has 0 atom stereocenters. The lowest BCUT2D eigenvalue weighted by Gasteiger charge is -2.03. The number of aromatic nitrogens is 1. The molecular weight excluding hydrogens is 134 g/mol. The number of pyridine rings is 1. The van der Waals surface area contributed by atoms with Gasteiger partial charge in [-0.05, 0) is 30.9 Å². The highest BCUT2D eigenvalue weighted by Crippen LogP contribution is 2.05. The van der Waals surface area contributed by atoms with Gasteiger partial charge in [-0.2, -0.15) is 0 Å². The van der Waals surface area contributed by atoms with Crippen LogP contribution in [0.5, 0.6) is 0 Å². The summed E-state index contributed by atoms with van der Waals surface area (Å²) < 4.78 is 0. The Labute approximate surface area is 68.5 Å². The maximum atomic E-state index is 4.22. The summed E-state index contributed by atoms with van der Waals surface area (Å²) in [6.45, 7) is 6.45. The molecule has 1 heterocycles. The van der Waals surface area contributed by atoms with Gasteiger partial charge in [0.15, 0.2) is 0 Å². The van der Waals surface area contributed by atoms with E-state index in [2.05, 4.69) is 31.0 Å². The molecule has 1 rings (SSSR count). The Balaban J connectivity index is 2.71. The molecule has 0 unspecified atom stereocenters. The van der Waals surface area contributed by atoms with E-state index in [9.17, 15) is 0 Å². The summed E-state index contributed by atoms with van der Waals surface area (Å²) >= 11 is 0. The van der Waals surface area contributed by atoms with E-state index in [4.69, 9.17) is 0 Å². The molecule has 1 heteroatoms. The van der Waals surface area contributed by atoms with Gasteiger partial charge in [0.25, 0.3) is 0 Å². The molecule has 0 saturated carbocycles. The van der Waals surface area contributed by atoms with Gasteiger partial charge in [-0.3, -0.25) is 4.98 Å². The van der Waals surface area contributed by atoms with Gasteiger partial charge in [0.2, 0.25) is 0 Å². The van der Waals surface area contributed by atoms with Crippen molar-refractivity contribution in [2.75, 3.05) is 0 Å². The van der Waals surface area contributed by atoms with Crippen LogP contribution in [0.3, 0.4) is 0 Å². The van der Waals surface area contributed by atoms with Gasteiger partial charge in [-0.25, -0.2) is 0 Å². The van der Waals surface area contributed by atoms with Gasteiger partial charge in [-0.1, -0.05) is 13.8 Å².